The third-order valence-electron chi connectivity index (χ3n) is 3.33. The molecule has 0 N–H and O–H groups in total. The summed E-state index contributed by atoms with van der Waals surface area (Å²) < 4.78 is 10.5. The van der Waals surface area contributed by atoms with Gasteiger partial charge in [0.05, 0.1) is 18.6 Å². The molecule has 0 unspecified atom stereocenters. The molecule has 0 heterocycles. The first-order valence-corrected chi connectivity index (χ1v) is 6.38. The summed E-state index contributed by atoms with van der Waals surface area (Å²) in [5.41, 5.74) is -0.0714. The quantitative estimate of drug-likeness (QED) is 0.553. The summed E-state index contributed by atoms with van der Waals surface area (Å²) in [4.78, 5) is 11.5. The summed E-state index contributed by atoms with van der Waals surface area (Å²) in [5.74, 6) is 0.685. The molecule has 0 aromatic heterocycles. The summed E-state index contributed by atoms with van der Waals surface area (Å²) in [6.45, 7) is 4.40. The summed E-state index contributed by atoms with van der Waals surface area (Å²) >= 11 is 4.26. The first kappa shape index (κ1) is 13.8. The van der Waals surface area contributed by atoms with Crippen LogP contribution in [0.5, 0.6) is 0 Å². The lowest BCUT2D eigenvalue weighted by atomic mass is 10.1. The van der Waals surface area contributed by atoms with E-state index in [1.165, 1.54) is 0 Å². The van der Waals surface area contributed by atoms with Crippen LogP contribution in [0, 0.1) is 5.41 Å². The SMILES string of the molecule is COC(C)(C)CCOC(=O)CC1(CS)CC1. The molecule has 0 spiro atoms. The summed E-state index contributed by atoms with van der Waals surface area (Å²) in [6, 6.07) is 0. The van der Waals surface area contributed by atoms with Crippen LogP contribution in [0.25, 0.3) is 0 Å². The highest BCUT2D eigenvalue weighted by molar-refractivity contribution is 7.80. The Hall–Kier alpha value is -0.220. The van der Waals surface area contributed by atoms with E-state index in [1.807, 2.05) is 13.8 Å². The molecule has 1 fully saturated rings. The van der Waals surface area contributed by atoms with Crippen molar-refractivity contribution in [3.63, 3.8) is 0 Å². The molecule has 94 valence electrons. The Morgan fingerprint density at radius 3 is 2.50 bits per heavy atom. The van der Waals surface area contributed by atoms with E-state index in [-0.39, 0.29) is 17.0 Å². The van der Waals surface area contributed by atoms with Gasteiger partial charge < -0.3 is 9.47 Å². The third kappa shape index (κ3) is 4.34. The Morgan fingerprint density at radius 1 is 1.44 bits per heavy atom. The summed E-state index contributed by atoms with van der Waals surface area (Å²) in [5, 5.41) is 0. The van der Waals surface area contributed by atoms with Gasteiger partial charge in [0, 0.05) is 13.5 Å². The minimum absolute atomic E-state index is 0.0987. The number of rotatable bonds is 7. The predicted octanol–water partition coefficient (Wildman–Crippen LogP) is 2.44. The fourth-order valence-electron chi connectivity index (χ4n) is 1.44. The average molecular weight is 246 g/mol. The molecule has 0 bridgehead atoms. The average Bonchev–Trinajstić information content (AvgIpc) is 2.98. The lowest BCUT2D eigenvalue weighted by Crippen LogP contribution is -2.25. The molecule has 0 atom stereocenters. The number of carbonyl (C=O) groups is 1. The van der Waals surface area contributed by atoms with Crippen molar-refractivity contribution in [3.8, 4) is 0 Å². The highest BCUT2D eigenvalue weighted by atomic mass is 32.1. The van der Waals surface area contributed by atoms with Gasteiger partial charge >= 0.3 is 5.97 Å². The predicted molar refractivity (Wildman–Crippen MR) is 66.8 cm³/mol. The topological polar surface area (TPSA) is 35.5 Å². The monoisotopic (exact) mass is 246 g/mol. The number of hydrogen-bond donors (Lipinski definition) is 1. The molecule has 1 aliphatic carbocycles. The second-order valence-electron chi connectivity index (χ2n) is 5.27. The van der Waals surface area contributed by atoms with Crippen molar-refractivity contribution in [2.75, 3.05) is 19.5 Å². The van der Waals surface area contributed by atoms with Crippen LogP contribution in [0.4, 0.5) is 0 Å². The zero-order chi connectivity index (χ0) is 12.2. The van der Waals surface area contributed by atoms with E-state index in [1.54, 1.807) is 7.11 Å². The second kappa shape index (κ2) is 5.41. The molecular weight excluding hydrogens is 224 g/mol. The van der Waals surface area contributed by atoms with Gasteiger partial charge in [0.15, 0.2) is 0 Å². The molecule has 16 heavy (non-hydrogen) atoms. The van der Waals surface area contributed by atoms with E-state index in [2.05, 4.69) is 12.6 Å². The summed E-state index contributed by atoms with van der Waals surface area (Å²) in [7, 11) is 1.67. The van der Waals surface area contributed by atoms with Crippen molar-refractivity contribution in [2.45, 2.75) is 45.1 Å². The Morgan fingerprint density at radius 2 is 2.06 bits per heavy atom. The van der Waals surface area contributed by atoms with Gasteiger partial charge in [-0.1, -0.05) is 0 Å². The van der Waals surface area contributed by atoms with Crippen molar-refractivity contribution >= 4 is 18.6 Å². The normalized spacial score (nSPS) is 18.2. The summed E-state index contributed by atoms with van der Waals surface area (Å²) in [6.07, 6.45) is 3.46. The maximum atomic E-state index is 11.5. The highest BCUT2D eigenvalue weighted by Gasteiger charge is 2.43. The molecule has 0 aliphatic heterocycles. The Kier molecular flexibility index (Phi) is 4.68. The minimum Gasteiger partial charge on any atom is -0.466 e. The number of ether oxygens (including phenoxy) is 2. The Labute approximate surface area is 103 Å². The van der Waals surface area contributed by atoms with Gasteiger partial charge in [0.25, 0.3) is 0 Å². The molecule has 1 saturated carbocycles. The molecule has 4 heteroatoms. The smallest absolute Gasteiger partial charge is 0.306 e. The van der Waals surface area contributed by atoms with Crippen LogP contribution in [0.1, 0.15) is 39.5 Å². The van der Waals surface area contributed by atoms with Gasteiger partial charge in [0.2, 0.25) is 0 Å². The van der Waals surface area contributed by atoms with E-state index in [4.69, 9.17) is 9.47 Å². The molecule has 0 saturated heterocycles. The molecular formula is C12H22O3S. The number of carbonyl (C=O) groups excluding carboxylic acids is 1. The van der Waals surface area contributed by atoms with Gasteiger partial charge in [-0.3, -0.25) is 4.79 Å². The van der Waals surface area contributed by atoms with Crippen LogP contribution < -0.4 is 0 Å². The highest BCUT2D eigenvalue weighted by Crippen LogP contribution is 2.49. The maximum absolute atomic E-state index is 11.5. The molecule has 0 radical (unpaired) electrons. The van der Waals surface area contributed by atoms with E-state index >= 15 is 0 Å². The molecule has 1 rings (SSSR count). The van der Waals surface area contributed by atoms with Crippen LogP contribution in [0.15, 0.2) is 0 Å². The Bertz CT molecular complexity index is 247. The first-order chi connectivity index (χ1) is 7.43. The number of esters is 1. The van der Waals surface area contributed by atoms with Gasteiger partial charge in [-0.25, -0.2) is 0 Å². The Balaban J connectivity index is 2.16. The largest absolute Gasteiger partial charge is 0.466 e. The van der Waals surface area contributed by atoms with E-state index in [0.29, 0.717) is 13.0 Å². The lowest BCUT2D eigenvalue weighted by Gasteiger charge is -2.22. The van der Waals surface area contributed by atoms with Crippen LogP contribution in [0.3, 0.4) is 0 Å². The van der Waals surface area contributed by atoms with Gasteiger partial charge in [0.1, 0.15) is 0 Å². The maximum Gasteiger partial charge on any atom is 0.306 e. The van der Waals surface area contributed by atoms with Gasteiger partial charge in [-0.05, 0) is 37.9 Å². The third-order valence-corrected chi connectivity index (χ3v) is 4.00. The van der Waals surface area contributed by atoms with Crippen molar-refractivity contribution in [3.05, 3.63) is 0 Å². The molecule has 3 nitrogen and oxygen atoms in total. The van der Waals surface area contributed by atoms with E-state index in [0.717, 1.165) is 25.0 Å². The lowest BCUT2D eigenvalue weighted by molar-refractivity contribution is -0.146. The first-order valence-electron chi connectivity index (χ1n) is 5.75. The standard InChI is InChI=1S/C12H22O3S/c1-11(2,14-3)6-7-15-10(13)8-12(9-16)4-5-12/h16H,4-9H2,1-3H3. The molecule has 1 aliphatic rings. The zero-order valence-electron chi connectivity index (χ0n) is 10.4. The van der Waals surface area contributed by atoms with E-state index < -0.39 is 0 Å². The minimum atomic E-state index is -0.221. The van der Waals surface area contributed by atoms with Crippen molar-refractivity contribution in [2.24, 2.45) is 5.41 Å². The molecule has 0 aromatic rings. The fraction of sp³-hybridized carbons (Fsp3) is 0.917. The zero-order valence-corrected chi connectivity index (χ0v) is 11.3. The molecule has 0 aromatic carbocycles. The van der Waals surface area contributed by atoms with Crippen LogP contribution >= 0.6 is 12.6 Å². The van der Waals surface area contributed by atoms with Gasteiger partial charge in [-0.15, -0.1) is 0 Å². The number of methoxy groups -OCH3 is 1. The number of thiol groups is 1. The van der Waals surface area contributed by atoms with Crippen LogP contribution in [-0.2, 0) is 14.3 Å². The van der Waals surface area contributed by atoms with Crippen LogP contribution in [0.2, 0.25) is 0 Å². The van der Waals surface area contributed by atoms with Crippen molar-refractivity contribution < 1.29 is 14.3 Å². The van der Waals surface area contributed by atoms with Gasteiger partial charge in [-0.2, -0.15) is 12.6 Å². The van der Waals surface area contributed by atoms with Crippen molar-refractivity contribution in [1.29, 1.82) is 0 Å². The second-order valence-corrected chi connectivity index (χ2v) is 5.59. The van der Waals surface area contributed by atoms with Crippen LogP contribution in [-0.4, -0.2) is 31.0 Å². The fourth-order valence-corrected chi connectivity index (χ4v) is 1.87. The molecule has 0 amide bonds. The van der Waals surface area contributed by atoms with E-state index in [9.17, 15) is 4.79 Å². The van der Waals surface area contributed by atoms with Crippen molar-refractivity contribution in [1.82, 2.24) is 0 Å². The number of hydrogen-bond acceptors (Lipinski definition) is 4.